The molecule has 1 saturated heterocycles. The van der Waals surface area contributed by atoms with Gasteiger partial charge >= 0.3 is 0 Å². The number of hydrogen-bond acceptors (Lipinski definition) is 2. The fourth-order valence-corrected chi connectivity index (χ4v) is 3.49. The van der Waals surface area contributed by atoms with Gasteiger partial charge in [-0.15, -0.1) is 0 Å². The molecule has 1 aliphatic carbocycles. The van der Waals surface area contributed by atoms with Crippen molar-refractivity contribution in [2.24, 2.45) is 11.8 Å². The number of aldehydes is 1. The van der Waals surface area contributed by atoms with Crippen LogP contribution in [0.5, 0.6) is 0 Å². The van der Waals surface area contributed by atoms with Crippen molar-refractivity contribution in [2.75, 3.05) is 18.0 Å². The first-order valence-corrected chi connectivity index (χ1v) is 6.58. The molecule has 0 N–H and O–H groups in total. The van der Waals surface area contributed by atoms with Gasteiger partial charge in [0.05, 0.1) is 0 Å². The largest absolute Gasteiger partial charge is 0.370 e. The third kappa shape index (κ3) is 1.86. The van der Waals surface area contributed by atoms with Crippen LogP contribution in [-0.4, -0.2) is 19.4 Å². The van der Waals surface area contributed by atoms with Crippen LogP contribution in [0.1, 0.15) is 35.2 Å². The van der Waals surface area contributed by atoms with E-state index in [-0.39, 0.29) is 0 Å². The minimum absolute atomic E-state index is 0.852. The Morgan fingerprint density at radius 1 is 1.24 bits per heavy atom. The maximum Gasteiger partial charge on any atom is 0.152 e. The summed E-state index contributed by atoms with van der Waals surface area (Å²) in [5, 5.41) is 0. The summed E-state index contributed by atoms with van der Waals surface area (Å²) in [5.41, 5.74) is 3.15. The second kappa shape index (κ2) is 4.17. The van der Waals surface area contributed by atoms with E-state index in [1.54, 1.807) is 0 Å². The lowest BCUT2D eigenvalue weighted by Crippen LogP contribution is -2.22. The summed E-state index contributed by atoms with van der Waals surface area (Å²) in [6.45, 7) is 4.33. The third-order valence-electron chi connectivity index (χ3n) is 4.38. The Kier molecular flexibility index (Phi) is 2.65. The Labute approximate surface area is 103 Å². The molecular formula is C15H19NO. The van der Waals surface area contributed by atoms with Crippen molar-refractivity contribution in [1.82, 2.24) is 0 Å². The number of hydrogen-bond donors (Lipinski definition) is 0. The highest BCUT2D eigenvalue weighted by atomic mass is 16.1. The third-order valence-corrected chi connectivity index (χ3v) is 4.38. The second-order valence-electron chi connectivity index (χ2n) is 5.54. The first-order chi connectivity index (χ1) is 8.28. The smallest absolute Gasteiger partial charge is 0.152 e. The molecule has 1 heterocycles. The van der Waals surface area contributed by atoms with Gasteiger partial charge in [0.25, 0.3) is 0 Å². The average Bonchev–Trinajstić information content (AvgIpc) is 2.89. The van der Waals surface area contributed by atoms with Crippen LogP contribution in [0, 0.1) is 18.8 Å². The molecule has 0 radical (unpaired) electrons. The highest BCUT2D eigenvalue weighted by Crippen LogP contribution is 2.40. The predicted molar refractivity (Wildman–Crippen MR) is 69.6 cm³/mol. The lowest BCUT2D eigenvalue weighted by Gasteiger charge is -2.21. The topological polar surface area (TPSA) is 20.3 Å². The zero-order chi connectivity index (χ0) is 11.8. The van der Waals surface area contributed by atoms with Crippen molar-refractivity contribution < 1.29 is 4.79 Å². The molecule has 3 rings (SSSR count). The van der Waals surface area contributed by atoms with Crippen LogP contribution in [0.4, 0.5) is 5.69 Å². The molecule has 2 fully saturated rings. The van der Waals surface area contributed by atoms with E-state index in [2.05, 4.69) is 17.0 Å². The van der Waals surface area contributed by atoms with Gasteiger partial charge in [0.1, 0.15) is 0 Å². The van der Waals surface area contributed by atoms with Crippen LogP contribution < -0.4 is 4.90 Å². The van der Waals surface area contributed by atoms with E-state index in [0.717, 1.165) is 48.0 Å². The van der Waals surface area contributed by atoms with E-state index >= 15 is 0 Å². The second-order valence-corrected chi connectivity index (χ2v) is 5.54. The van der Waals surface area contributed by atoms with E-state index < -0.39 is 0 Å². The Hall–Kier alpha value is -1.31. The van der Waals surface area contributed by atoms with Crippen molar-refractivity contribution in [3.05, 3.63) is 29.3 Å². The van der Waals surface area contributed by atoms with Crippen LogP contribution in [0.2, 0.25) is 0 Å². The summed E-state index contributed by atoms with van der Waals surface area (Å²) in [5.74, 6) is 1.74. The number of rotatable bonds is 2. The van der Waals surface area contributed by atoms with Gasteiger partial charge in [0.15, 0.2) is 6.29 Å². The Bertz CT molecular complexity index is 429. The molecule has 0 aromatic heterocycles. The van der Waals surface area contributed by atoms with Gasteiger partial charge in [-0.3, -0.25) is 4.79 Å². The molecule has 2 unspecified atom stereocenters. The summed E-state index contributed by atoms with van der Waals surface area (Å²) < 4.78 is 0. The number of carbonyl (C=O) groups is 1. The maximum atomic E-state index is 11.2. The van der Waals surface area contributed by atoms with Crippen molar-refractivity contribution in [2.45, 2.75) is 26.2 Å². The summed E-state index contributed by atoms with van der Waals surface area (Å²) >= 11 is 0. The van der Waals surface area contributed by atoms with E-state index in [9.17, 15) is 4.79 Å². The van der Waals surface area contributed by atoms with Gasteiger partial charge in [-0.2, -0.15) is 0 Å². The summed E-state index contributed by atoms with van der Waals surface area (Å²) in [6.07, 6.45) is 5.15. The number of anilines is 1. The van der Waals surface area contributed by atoms with Gasteiger partial charge < -0.3 is 4.90 Å². The monoisotopic (exact) mass is 229 g/mol. The predicted octanol–water partition coefficient (Wildman–Crippen LogP) is 3.04. The van der Waals surface area contributed by atoms with E-state index in [4.69, 9.17) is 0 Å². The Morgan fingerprint density at radius 3 is 2.59 bits per heavy atom. The first-order valence-electron chi connectivity index (χ1n) is 6.58. The number of aryl methyl sites for hydroxylation is 1. The molecule has 90 valence electrons. The molecule has 17 heavy (non-hydrogen) atoms. The summed E-state index contributed by atoms with van der Waals surface area (Å²) in [7, 11) is 0. The summed E-state index contributed by atoms with van der Waals surface area (Å²) in [4.78, 5) is 13.6. The normalized spacial score (nSPS) is 27.2. The zero-order valence-electron chi connectivity index (χ0n) is 10.4. The molecule has 0 amide bonds. The van der Waals surface area contributed by atoms with Crippen molar-refractivity contribution in [3.63, 3.8) is 0 Å². The minimum Gasteiger partial charge on any atom is -0.370 e. The maximum absolute atomic E-state index is 11.2. The lowest BCUT2D eigenvalue weighted by molar-refractivity contribution is 0.112. The van der Waals surface area contributed by atoms with Gasteiger partial charge in [0.2, 0.25) is 0 Å². The molecule has 1 aromatic rings. The standard InChI is InChI=1S/C15H19NO/c1-11-5-6-15(14(7-11)10-17)16-8-12-3-2-4-13(12)9-16/h5-7,10,12-13H,2-4,8-9H2,1H3. The van der Waals surface area contributed by atoms with Gasteiger partial charge in [-0.1, -0.05) is 18.1 Å². The van der Waals surface area contributed by atoms with Crippen LogP contribution in [0.15, 0.2) is 18.2 Å². The molecule has 0 spiro atoms. The van der Waals surface area contributed by atoms with Crippen molar-refractivity contribution in [1.29, 1.82) is 0 Å². The van der Waals surface area contributed by atoms with Crippen molar-refractivity contribution >= 4 is 12.0 Å². The number of nitrogens with zero attached hydrogens (tertiary/aromatic N) is 1. The molecule has 2 heteroatoms. The number of carbonyl (C=O) groups excluding carboxylic acids is 1. The van der Waals surface area contributed by atoms with Crippen LogP contribution >= 0.6 is 0 Å². The Balaban J connectivity index is 1.87. The van der Waals surface area contributed by atoms with Crippen LogP contribution in [0.25, 0.3) is 0 Å². The van der Waals surface area contributed by atoms with Crippen LogP contribution in [-0.2, 0) is 0 Å². The van der Waals surface area contributed by atoms with Gasteiger partial charge in [0, 0.05) is 24.3 Å². The molecule has 2 atom stereocenters. The highest BCUT2D eigenvalue weighted by molar-refractivity contribution is 5.85. The summed E-state index contributed by atoms with van der Waals surface area (Å²) in [6, 6.07) is 6.22. The lowest BCUT2D eigenvalue weighted by atomic mass is 10.0. The Morgan fingerprint density at radius 2 is 1.94 bits per heavy atom. The van der Waals surface area contributed by atoms with E-state index in [1.807, 2.05) is 13.0 Å². The SMILES string of the molecule is Cc1ccc(N2CC3CCCC3C2)c(C=O)c1. The fraction of sp³-hybridized carbons (Fsp3) is 0.533. The van der Waals surface area contributed by atoms with Crippen molar-refractivity contribution in [3.8, 4) is 0 Å². The molecule has 1 aromatic carbocycles. The van der Waals surface area contributed by atoms with Gasteiger partial charge in [-0.25, -0.2) is 0 Å². The number of benzene rings is 1. The van der Waals surface area contributed by atoms with E-state index in [1.165, 1.54) is 19.3 Å². The molecular weight excluding hydrogens is 210 g/mol. The minimum atomic E-state index is 0.852. The molecule has 1 saturated carbocycles. The first kappa shape index (κ1) is 10.8. The average molecular weight is 229 g/mol. The number of fused-ring (bicyclic) bond motifs is 1. The quantitative estimate of drug-likeness (QED) is 0.726. The van der Waals surface area contributed by atoms with E-state index in [0.29, 0.717) is 0 Å². The molecule has 2 nitrogen and oxygen atoms in total. The van der Waals surface area contributed by atoms with Crippen LogP contribution in [0.3, 0.4) is 0 Å². The molecule has 0 bridgehead atoms. The molecule has 2 aliphatic rings. The fourth-order valence-electron chi connectivity index (χ4n) is 3.49. The zero-order valence-corrected chi connectivity index (χ0v) is 10.4. The molecule has 1 aliphatic heterocycles. The van der Waals surface area contributed by atoms with Gasteiger partial charge in [-0.05, 0) is 43.7 Å². The highest BCUT2D eigenvalue weighted by Gasteiger charge is 2.36.